The Morgan fingerprint density at radius 2 is 2.00 bits per heavy atom. The lowest BCUT2D eigenvalue weighted by molar-refractivity contribution is -0.131. The van der Waals surface area contributed by atoms with Crippen molar-refractivity contribution >= 4 is 11.5 Å². The Hall–Kier alpha value is -1.35. The van der Waals surface area contributed by atoms with Gasteiger partial charge >= 0.3 is 0 Å². The highest BCUT2D eigenvalue weighted by Gasteiger charge is 2.23. The van der Waals surface area contributed by atoms with Crippen molar-refractivity contribution in [1.29, 1.82) is 0 Å². The first kappa shape index (κ1) is 10.2. The first-order chi connectivity index (χ1) is 7.36. The quantitative estimate of drug-likeness (QED) is 0.771. The Balaban J connectivity index is 1.85. The summed E-state index contributed by atoms with van der Waals surface area (Å²) in [5.41, 5.74) is 3.71. The van der Waals surface area contributed by atoms with E-state index in [2.05, 4.69) is 5.48 Å². The van der Waals surface area contributed by atoms with Crippen molar-refractivity contribution in [2.45, 2.75) is 31.8 Å². The van der Waals surface area contributed by atoms with Crippen LogP contribution in [0.5, 0.6) is 0 Å². The number of anilines is 1. The predicted molar refractivity (Wildman–Crippen MR) is 58.4 cm³/mol. The lowest BCUT2D eigenvalue weighted by atomic mass is 9.97. The molecule has 1 aliphatic rings. The first-order valence-corrected chi connectivity index (χ1v) is 5.36. The molecule has 1 N–H and O–H groups in total. The van der Waals surface area contributed by atoms with Gasteiger partial charge in [0.05, 0.1) is 5.69 Å². The molecular weight excluding hydrogens is 190 g/mol. The number of nitrogens with one attached hydrogen (secondary N) is 1. The molecule has 0 bridgehead atoms. The van der Waals surface area contributed by atoms with Crippen LogP contribution in [0.4, 0.5) is 5.69 Å². The molecule has 2 rings (SSSR count). The molecule has 0 aliphatic heterocycles. The van der Waals surface area contributed by atoms with Gasteiger partial charge in [0.2, 0.25) is 0 Å². The molecule has 1 aromatic rings. The number of carbonyl (C=O) groups is 1. The molecule has 0 radical (unpaired) electrons. The van der Waals surface area contributed by atoms with Crippen LogP contribution in [0.15, 0.2) is 30.3 Å². The van der Waals surface area contributed by atoms with Crippen molar-refractivity contribution in [2.75, 3.05) is 5.48 Å². The maximum Gasteiger partial charge on any atom is 0.164 e. The van der Waals surface area contributed by atoms with Gasteiger partial charge in [-0.15, -0.1) is 0 Å². The van der Waals surface area contributed by atoms with Crippen molar-refractivity contribution in [2.24, 2.45) is 0 Å². The van der Waals surface area contributed by atoms with Crippen LogP contribution >= 0.6 is 0 Å². The second-order valence-electron chi connectivity index (χ2n) is 3.79. The molecule has 0 aromatic heterocycles. The number of para-hydroxylation sites is 1. The van der Waals surface area contributed by atoms with Gasteiger partial charge in [0.1, 0.15) is 6.10 Å². The molecule has 1 saturated carbocycles. The summed E-state index contributed by atoms with van der Waals surface area (Å²) in [6.07, 6.45) is 3.30. The molecule has 0 amide bonds. The van der Waals surface area contributed by atoms with Crippen molar-refractivity contribution in [3.63, 3.8) is 0 Å². The molecule has 15 heavy (non-hydrogen) atoms. The Morgan fingerprint density at radius 1 is 1.20 bits per heavy atom. The summed E-state index contributed by atoms with van der Waals surface area (Å²) in [7, 11) is 0. The topological polar surface area (TPSA) is 38.3 Å². The number of hydrogen-bond donors (Lipinski definition) is 1. The summed E-state index contributed by atoms with van der Waals surface area (Å²) < 4.78 is 0. The standard InChI is InChI=1S/C12H15NO2/c14-11-8-4-5-9-12(11)15-13-10-6-2-1-3-7-10/h1-3,6-7,12-13H,4-5,8-9H2. The third-order valence-corrected chi connectivity index (χ3v) is 2.59. The summed E-state index contributed by atoms with van der Waals surface area (Å²) in [6, 6.07) is 9.61. The highest BCUT2D eigenvalue weighted by molar-refractivity contribution is 5.83. The van der Waals surface area contributed by atoms with Crippen LogP contribution in [-0.2, 0) is 9.63 Å². The molecule has 1 fully saturated rings. The number of hydrogen-bond acceptors (Lipinski definition) is 3. The molecule has 0 heterocycles. The molecule has 0 saturated heterocycles. The molecule has 80 valence electrons. The molecule has 1 aliphatic carbocycles. The maximum absolute atomic E-state index is 11.5. The predicted octanol–water partition coefficient (Wildman–Crippen LogP) is 2.54. The van der Waals surface area contributed by atoms with E-state index in [1.807, 2.05) is 30.3 Å². The second kappa shape index (κ2) is 4.94. The monoisotopic (exact) mass is 205 g/mol. The Morgan fingerprint density at radius 3 is 2.73 bits per heavy atom. The highest BCUT2D eigenvalue weighted by Crippen LogP contribution is 2.18. The van der Waals surface area contributed by atoms with E-state index in [1.54, 1.807) is 0 Å². The number of ketones is 1. The molecule has 1 atom stereocenters. The van der Waals surface area contributed by atoms with E-state index in [1.165, 1.54) is 0 Å². The Labute approximate surface area is 89.4 Å². The largest absolute Gasteiger partial charge is 0.297 e. The minimum absolute atomic E-state index is 0.213. The van der Waals surface area contributed by atoms with Gasteiger partial charge < -0.3 is 0 Å². The SMILES string of the molecule is O=C1CCCCC1ONc1ccccc1. The Bertz CT molecular complexity index is 324. The molecule has 1 aromatic carbocycles. The third kappa shape index (κ3) is 2.80. The van der Waals surface area contributed by atoms with Gasteiger partial charge in [-0.1, -0.05) is 18.2 Å². The number of carbonyl (C=O) groups excluding carboxylic acids is 1. The van der Waals surface area contributed by atoms with Crippen LogP contribution in [0, 0.1) is 0 Å². The number of Topliss-reactive ketones (excluding diaryl/α,β-unsaturated/α-hetero) is 1. The summed E-state index contributed by atoms with van der Waals surface area (Å²) >= 11 is 0. The van der Waals surface area contributed by atoms with Crippen LogP contribution < -0.4 is 5.48 Å². The van der Waals surface area contributed by atoms with Crippen LogP contribution in [0.1, 0.15) is 25.7 Å². The fraction of sp³-hybridized carbons (Fsp3) is 0.417. The van der Waals surface area contributed by atoms with Gasteiger partial charge in [-0.3, -0.25) is 15.1 Å². The molecule has 3 heteroatoms. The van der Waals surface area contributed by atoms with Crippen molar-refractivity contribution < 1.29 is 9.63 Å². The molecular formula is C12H15NO2. The zero-order valence-corrected chi connectivity index (χ0v) is 8.61. The van der Waals surface area contributed by atoms with E-state index >= 15 is 0 Å². The minimum Gasteiger partial charge on any atom is -0.297 e. The summed E-state index contributed by atoms with van der Waals surface area (Å²) in [6.45, 7) is 0. The van der Waals surface area contributed by atoms with Gasteiger partial charge in [0, 0.05) is 6.42 Å². The van der Waals surface area contributed by atoms with Crippen LogP contribution in [0.2, 0.25) is 0 Å². The maximum atomic E-state index is 11.5. The fourth-order valence-electron chi connectivity index (χ4n) is 1.72. The zero-order valence-electron chi connectivity index (χ0n) is 8.61. The lowest BCUT2D eigenvalue weighted by Crippen LogP contribution is -2.29. The van der Waals surface area contributed by atoms with Gasteiger partial charge in [0.25, 0.3) is 0 Å². The van der Waals surface area contributed by atoms with E-state index in [9.17, 15) is 4.79 Å². The van der Waals surface area contributed by atoms with E-state index in [0.29, 0.717) is 6.42 Å². The average Bonchev–Trinajstić information content (AvgIpc) is 2.29. The first-order valence-electron chi connectivity index (χ1n) is 5.36. The fourth-order valence-corrected chi connectivity index (χ4v) is 1.72. The van der Waals surface area contributed by atoms with E-state index in [0.717, 1.165) is 24.9 Å². The minimum atomic E-state index is -0.265. The van der Waals surface area contributed by atoms with Crippen LogP contribution in [0.25, 0.3) is 0 Å². The molecule has 0 spiro atoms. The lowest BCUT2D eigenvalue weighted by Gasteiger charge is -2.20. The normalized spacial score (nSPS) is 21.3. The smallest absolute Gasteiger partial charge is 0.164 e. The van der Waals surface area contributed by atoms with Gasteiger partial charge in [-0.2, -0.15) is 0 Å². The number of rotatable bonds is 3. The van der Waals surface area contributed by atoms with E-state index in [4.69, 9.17) is 4.84 Å². The van der Waals surface area contributed by atoms with Gasteiger partial charge in [-0.05, 0) is 31.4 Å². The second-order valence-corrected chi connectivity index (χ2v) is 3.79. The van der Waals surface area contributed by atoms with Crippen LogP contribution in [0.3, 0.4) is 0 Å². The van der Waals surface area contributed by atoms with Gasteiger partial charge in [-0.25, -0.2) is 0 Å². The van der Waals surface area contributed by atoms with Gasteiger partial charge in [0.15, 0.2) is 5.78 Å². The van der Waals surface area contributed by atoms with E-state index < -0.39 is 0 Å². The van der Waals surface area contributed by atoms with Crippen molar-refractivity contribution in [3.05, 3.63) is 30.3 Å². The summed E-state index contributed by atoms with van der Waals surface area (Å²) in [5, 5.41) is 0. The summed E-state index contributed by atoms with van der Waals surface area (Å²) in [5.74, 6) is 0.213. The number of benzene rings is 1. The zero-order chi connectivity index (χ0) is 10.5. The summed E-state index contributed by atoms with van der Waals surface area (Å²) in [4.78, 5) is 16.8. The van der Waals surface area contributed by atoms with Crippen molar-refractivity contribution in [3.8, 4) is 0 Å². The molecule has 1 unspecified atom stereocenters. The molecule has 3 nitrogen and oxygen atoms in total. The highest BCUT2D eigenvalue weighted by atomic mass is 16.7. The Kier molecular flexibility index (Phi) is 3.35. The van der Waals surface area contributed by atoms with E-state index in [-0.39, 0.29) is 11.9 Å². The van der Waals surface area contributed by atoms with Crippen molar-refractivity contribution in [1.82, 2.24) is 0 Å². The third-order valence-electron chi connectivity index (χ3n) is 2.59. The van der Waals surface area contributed by atoms with Crippen LogP contribution in [-0.4, -0.2) is 11.9 Å². The average molecular weight is 205 g/mol.